The summed E-state index contributed by atoms with van der Waals surface area (Å²) in [5, 5.41) is 8.87. The van der Waals surface area contributed by atoms with E-state index in [4.69, 9.17) is 4.52 Å². The van der Waals surface area contributed by atoms with E-state index in [1.54, 1.807) is 23.5 Å². The number of aromatic nitrogens is 1. The fraction of sp³-hybridized carbons (Fsp3) is 0.333. The van der Waals surface area contributed by atoms with Crippen LogP contribution in [0.1, 0.15) is 45.4 Å². The van der Waals surface area contributed by atoms with Crippen LogP contribution in [0, 0.1) is 11.6 Å². The van der Waals surface area contributed by atoms with Gasteiger partial charge in [0.1, 0.15) is 0 Å². The molecule has 3 aromatic rings. The van der Waals surface area contributed by atoms with Gasteiger partial charge in [0, 0.05) is 29.0 Å². The van der Waals surface area contributed by atoms with Crippen LogP contribution in [-0.2, 0) is 13.1 Å². The number of carbonyl (C=O) groups is 1. The number of halogens is 2. The van der Waals surface area contributed by atoms with Gasteiger partial charge in [0.2, 0.25) is 5.76 Å². The Bertz CT molecular complexity index is 966. The van der Waals surface area contributed by atoms with Gasteiger partial charge < -0.3 is 9.84 Å². The lowest BCUT2D eigenvalue weighted by Gasteiger charge is -2.31. The first kappa shape index (κ1) is 19.7. The van der Waals surface area contributed by atoms with Crippen LogP contribution in [0.15, 0.2) is 46.3 Å². The highest BCUT2D eigenvalue weighted by molar-refractivity contribution is 7.09. The number of carbonyl (C=O) groups excluding carboxylic acids is 1. The minimum Gasteiger partial charge on any atom is -0.351 e. The van der Waals surface area contributed by atoms with E-state index in [9.17, 15) is 13.6 Å². The number of benzene rings is 1. The zero-order valence-corrected chi connectivity index (χ0v) is 16.6. The van der Waals surface area contributed by atoms with Crippen molar-refractivity contribution in [3.05, 3.63) is 75.3 Å². The summed E-state index contributed by atoms with van der Waals surface area (Å²) < 4.78 is 32.5. The number of nitrogens with one attached hydrogen (secondary N) is 1. The molecule has 0 aliphatic carbocycles. The van der Waals surface area contributed by atoms with Gasteiger partial charge in [0.15, 0.2) is 11.6 Å². The van der Waals surface area contributed by atoms with E-state index in [1.807, 2.05) is 17.5 Å². The SMILES string of the molecule is O=C(NCc1cccs1)c1cc(C2CCN(Cc3cccc(F)c3F)CC2)no1. The molecule has 1 amide bonds. The Labute approximate surface area is 171 Å². The van der Waals surface area contributed by atoms with Crippen molar-refractivity contribution in [2.24, 2.45) is 0 Å². The standard InChI is InChI=1S/C21H21F2N3O2S/c22-17-5-1-3-15(20(17)23)13-26-8-6-14(7-9-26)18-11-19(28-25-18)21(27)24-12-16-4-2-10-29-16/h1-5,10-11,14H,6-9,12-13H2,(H,24,27). The predicted molar refractivity (Wildman–Crippen MR) is 106 cm³/mol. The van der Waals surface area contributed by atoms with Crippen LogP contribution < -0.4 is 5.32 Å². The molecule has 0 radical (unpaired) electrons. The highest BCUT2D eigenvalue weighted by atomic mass is 32.1. The van der Waals surface area contributed by atoms with Gasteiger partial charge >= 0.3 is 0 Å². The third-order valence-corrected chi connectivity index (χ3v) is 6.06. The van der Waals surface area contributed by atoms with Gasteiger partial charge in [0.25, 0.3) is 5.91 Å². The minimum absolute atomic E-state index is 0.186. The number of hydrogen-bond acceptors (Lipinski definition) is 5. The molecular formula is C21H21F2N3O2S. The van der Waals surface area contributed by atoms with Gasteiger partial charge in [0.05, 0.1) is 12.2 Å². The zero-order valence-electron chi connectivity index (χ0n) is 15.7. The lowest BCUT2D eigenvalue weighted by atomic mass is 9.93. The van der Waals surface area contributed by atoms with Crippen molar-refractivity contribution in [1.29, 1.82) is 0 Å². The lowest BCUT2D eigenvalue weighted by molar-refractivity contribution is 0.0914. The van der Waals surface area contributed by atoms with Gasteiger partial charge in [-0.2, -0.15) is 0 Å². The Morgan fingerprint density at radius 2 is 2.07 bits per heavy atom. The molecule has 0 unspecified atom stereocenters. The Kier molecular flexibility index (Phi) is 6.01. The number of rotatable bonds is 6. The molecule has 2 aromatic heterocycles. The zero-order chi connectivity index (χ0) is 20.2. The van der Waals surface area contributed by atoms with Gasteiger partial charge in [-0.15, -0.1) is 11.3 Å². The lowest BCUT2D eigenvalue weighted by Crippen LogP contribution is -2.32. The van der Waals surface area contributed by atoms with Crippen LogP contribution in [0.2, 0.25) is 0 Å². The topological polar surface area (TPSA) is 58.4 Å². The van der Waals surface area contributed by atoms with E-state index in [-0.39, 0.29) is 17.6 Å². The number of hydrogen-bond donors (Lipinski definition) is 1. The van der Waals surface area contributed by atoms with E-state index in [1.165, 1.54) is 6.07 Å². The summed E-state index contributed by atoms with van der Waals surface area (Å²) >= 11 is 1.58. The molecule has 0 atom stereocenters. The molecule has 29 heavy (non-hydrogen) atoms. The van der Waals surface area contributed by atoms with E-state index < -0.39 is 11.6 Å². The number of likely N-dealkylation sites (tertiary alicyclic amines) is 1. The highest BCUT2D eigenvalue weighted by Crippen LogP contribution is 2.29. The van der Waals surface area contributed by atoms with Crippen molar-refractivity contribution < 1.29 is 18.1 Å². The molecule has 152 valence electrons. The quantitative estimate of drug-likeness (QED) is 0.649. The van der Waals surface area contributed by atoms with Crippen LogP contribution in [0.3, 0.4) is 0 Å². The average Bonchev–Trinajstić information content (AvgIpc) is 3.42. The van der Waals surface area contributed by atoms with E-state index in [0.717, 1.165) is 42.6 Å². The molecule has 3 heterocycles. The van der Waals surface area contributed by atoms with Crippen molar-refractivity contribution in [3.8, 4) is 0 Å². The molecule has 1 saturated heterocycles. The molecule has 0 saturated carbocycles. The smallest absolute Gasteiger partial charge is 0.290 e. The maximum atomic E-state index is 13.9. The Morgan fingerprint density at radius 1 is 1.24 bits per heavy atom. The second kappa shape index (κ2) is 8.84. The summed E-state index contributed by atoms with van der Waals surface area (Å²) in [5.41, 5.74) is 1.14. The molecule has 8 heteroatoms. The number of piperidine rings is 1. The molecule has 0 bridgehead atoms. The van der Waals surface area contributed by atoms with E-state index in [2.05, 4.69) is 15.4 Å². The largest absolute Gasteiger partial charge is 0.351 e. The number of thiophene rings is 1. The first-order valence-corrected chi connectivity index (χ1v) is 10.4. The van der Waals surface area contributed by atoms with Crippen molar-refractivity contribution in [2.45, 2.75) is 31.8 Å². The van der Waals surface area contributed by atoms with Gasteiger partial charge in [-0.05, 0) is 43.4 Å². The predicted octanol–water partition coefficient (Wildman–Crippen LogP) is 4.32. The van der Waals surface area contributed by atoms with Gasteiger partial charge in [-0.3, -0.25) is 9.69 Å². The highest BCUT2D eigenvalue weighted by Gasteiger charge is 2.25. The summed E-state index contributed by atoms with van der Waals surface area (Å²) in [7, 11) is 0. The van der Waals surface area contributed by atoms with Gasteiger partial charge in [-0.25, -0.2) is 8.78 Å². The Morgan fingerprint density at radius 3 is 2.83 bits per heavy atom. The normalized spacial score (nSPS) is 15.5. The first-order valence-electron chi connectivity index (χ1n) is 9.52. The van der Waals surface area contributed by atoms with Crippen LogP contribution in [-0.4, -0.2) is 29.1 Å². The molecule has 1 fully saturated rings. The van der Waals surface area contributed by atoms with Crippen molar-refractivity contribution in [3.63, 3.8) is 0 Å². The summed E-state index contributed by atoms with van der Waals surface area (Å²) in [6, 6.07) is 9.87. The third kappa shape index (κ3) is 4.71. The van der Waals surface area contributed by atoms with E-state index in [0.29, 0.717) is 18.7 Å². The maximum Gasteiger partial charge on any atom is 0.290 e. The number of nitrogens with zero attached hydrogens (tertiary/aromatic N) is 2. The first-order chi connectivity index (χ1) is 14.1. The van der Waals surface area contributed by atoms with Crippen molar-refractivity contribution >= 4 is 17.2 Å². The van der Waals surface area contributed by atoms with Crippen molar-refractivity contribution in [2.75, 3.05) is 13.1 Å². The summed E-state index contributed by atoms with van der Waals surface area (Å²) in [4.78, 5) is 15.4. The number of amides is 1. The third-order valence-electron chi connectivity index (χ3n) is 5.19. The maximum absolute atomic E-state index is 13.9. The molecule has 1 N–H and O–H groups in total. The monoisotopic (exact) mass is 417 g/mol. The summed E-state index contributed by atoms with van der Waals surface area (Å²) in [6.07, 6.45) is 1.64. The van der Waals surface area contributed by atoms with E-state index >= 15 is 0 Å². The molecular weight excluding hydrogens is 396 g/mol. The summed E-state index contributed by atoms with van der Waals surface area (Å²) in [6.45, 7) is 2.33. The molecule has 1 aliphatic rings. The Balaban J connectivity index is 1.30. The van der Waals surface area contributed by atoms with Crippen LogP contribution >= 0.6 is 11.3 Å². The fourth-order valence-electron chi connectivity index (χ4n) is 3.55. The summed E-state index contributed by atoms with van der Waals surface area (Å²) in [5.74, 6) is -1.47. The molecule has 4 rings (SSSR count). The fourth-order valence-corrected chi connectivity index (χ4v) is 4.20. The molecule has 5 nitrogen and oxygen atoms in total. The van der Waals surface area contributed by atoms with Crippen LogP contribution in [0.5, 0.6) is 0 Å². The minimum atomic E-state index is -0.815. The molecule has 1 aromatic carbocycles. The van der Waals surface area contributed by atoms with Gasteiger partial charge in [-0.1, -0.05) is 23.4 Å². The Hall–Kier alpha value is -2.58. The van der Waals surface area contributed by atoms with Crippen LogP contribution in [0.25, 0.3) is 0 Å². The second-order valence-electron chi connectivity index (χ2n) is 7.14. The average molecular weight is 417 g/mol. The second-order valence-corrected chi connectivity index (χ2v) is 8.17. The van der Waals surface area contributed by atoms with Crippen LogP contribution in [0.4, 0.5) is 8.78 Å². The molecule has 1 aliphatic heterocycles. The van der Waals surface area contributed by atoms with Crippen molar-refractivity contribution in [1.82, 2.24) is 15.4 Å². The molecule has 0 spiro atoms.